The van der Waals surface area contributed by atoms with Crippen LogP contribution in [-0.4, -0.2) is 29.2 Å². The van der Waals surface area contributed by atoms with Gasteiger partial charge in [-0.05, 0) is 35.9 Å². The molecule has 3 aromatic rings. The van der Waals surface area contributed by atoms with Crippen molar-refractivity contribution in [1.82, 2.24) is 15.0 Å². The average molecular weight is 373 g/mol. The fourth-order valence-electron chi connectivity index (χ4n) is 2.09. The minimum atomic E-state index is -5.06. The van der Waals surface area contributed by atoms with Gasteiger partial charge in [-0.3, -0.25) is 4.79 Å². The lowest BCUT2D eigenvalue weighted by atomic mass is 10.2. The van der Waals surface area contributed by atoms with E-state index in [1.54, 1.807) is 0 Å². The number of hydrogen-bond acceptors (Lipinski definition) is 6. The van der Waals surface area contributed by atoms with E-state index in [1.807, 2.05) is 30.3 Å². The lowest BCUT2D eigenvalue weighted by molar-refractivity contribution is 0.104. The van der Waals surface area contributed by atoms with E-state index in [0.717, 1.165) is 5.69 Å². The van der Waals surface area contributed by atoms with Crippen LogP contribution in [0, 0.1) is 0 Å². The molecule has 0 fully saturated rings. The quantitative estimate of drug-likeness (QED) is 0.375. The van der Waals surface area contributed by atoms with Gasteiger partial charge in [-0.1, -0.05) is 45.5 Å². The van der Waals surface area contributed by atoms with Gasteiger partial charge in [0.2, 0.25) is 5.78 Å². The minimum absolute atomic E-state index is 0.165. The smallest absolute Gasteiger partial charge is 0.358 e. The van der Waals surface area contributed by atoms with E-state index >= 15 is 0 Å². The van der Waals surface area contributed by atoms with Crippen molar-refractivity contribution in [3.8, 4) is 11.4 Å². The number of halogens is 1. The van der Waals surface area contributed by atoms with E-state index in [4.69, 9.17) is 0 Å². The molecule has 0 radical (unpaired) electrons. The highest BCUT2D eigenvalue weighted by Crippen LogP contribution is 2.16. The number of hydrogen-bond donors (Lipinski definition) is 0. The van der Waals surface area contributed by atoms with Crippen molar-refractivity contribution < 1.29 is 21.3 Å². The highest BCUT2D eigenvalue weighted by Gasteiger charge is 2.10. The molecule has 1 aromatic heterocycles. The number of carbonyl (C=O) groups excluding carboxylic acids is 1. The summed E-state index contributed by atoms with van der Waals surface area (Å²) < 4.78 is 38.8. The van der Waals surface area contributed by atoms with E-state index in [1.165, 1.54) is 47.3 Å². The molecule has 26 heavy (non-hydrogen) atoms. The van der Waals surface area contributed by atoms with Crippen LogP contribution in [0.4, 0.5) is 3.89 Å². The lowest BCUT2D eigenvalue weighted by Gasteiger charge is -1.99. The number of carbonyl (C=O) groups is 1. The Labute approximate surface area is 148 Å². The second-order valence-corrected chi connectivity index (χ2v) is 6.08. The van der Waals surface area contributed by atoms with Crippen molar-refractivity contribution in [2.75, 3.05) is 0 Å². The molecule has 9 heteroatoms. The molecule has 7 nitrogen and oxygen atoms in total. The zero-order chi connectivity index (χ0) is 18.6. The third kappa shape index (κ3) is 4.61. The van der Waals surface area contributed by atoms with Crippen LogP contribution in [0.2, 0.25) is 0 Å². The Morgan fingerprint density at radius 1 is 1.08 bits per heavy atom. The zero-order valence-electron chi connectivity index (χ0n) is 13.2. The third-order valence-corrected chi connectivity index (χ3v) is 3.66. The molecular formula is C17H12FN3O4S. The Kier molecular flexibility index (Phi) is 4.90. The molecular weight excluding hydrogens is 361 g/mol. The number of allylic oxidation sites excluding steroid dienone is 1. The van der Waals surface area contributed by atoms with Gasteiger partial charge in [0.15, 0.2) is 5.69 Å². The van der Waals surface area contributed by atoms with E-state index in [2.05, 4.69) is 14.5 Å². The fourth-order valence-corrected chi connectivity index (χ4v) is 2.43. The second-order valence-electron chi connectivity index (χ2n) is 5.13. The third-order valence-electron chi connectivity index (χ3n) is 3.27. The molecule has 3 rings (SSSR count). The van der Waals surface area contributed by atoms with Gasteiger partial charge in [-0.15, -0.1) is 5.10 Å². The molecule has 0 N–H and O–H groups in total. The summed E-state index contributed by atoms with van der Waals surface area (Å²) in [4.78, 5) is 12.2. The SMILES string of the molecule is O=C(/C=C/c1ccc(OS(=O)(=O)F)cc1)c1cn(-c2ccccc2)nn1. The molecule has 0 aliphatic rings. The summed E-state index contributed by atoms with van der Waals surface area (Å²) in [7, 11) is -5.06. The number of benzene rings is 2. The van der Waals surface area contributed by atoms with E-state index in [-0.39, 0.29) is 17.2 Å². The first-order chi connectivity index (χ1) is 12.4. The molecule has 1 heterocycles. The number of para-hydroxylation sites is 1. The fraction of sp³-hybridized carbons (Fsp3) is 0. The monoisotopic (exact) mass is 373 g/mol. The van der Waals surface area contributed by atoms with Crippen LogP contribution in [0.25, 0.3) is 11.8 Å². The lowest BCUT2D eigenvalue weighted by Crippen LogP contribution is -2.00. The Morgan fingerprint density at radius 3 is 2.42 bits per heavy atom. The van der Waals surface area contributed by atoms with Crippen LogP contribution in [-0.2, 0) is 10.5 Å². The summed E-state index contributed by atoms with van der Waals surface area (Å²) in [5, 5.41) is 7.75. The van der Waals surface area contributed by atoms with Gasteiger partial charge < -0.3 is 4.18 Å². The first kappa shape index (κ1) is 17.5. The van der Waals surface area contributed by atoms with E-state index in [0.29, 0.717) is 5.56 Å². The molecule has 0 saturated heterocycles. The summed E-state index contributed by atoms with van der Waals surface area (Å²) in [6.45, 7) is 0. The molecule has 0 atom stereocenters. The Balaban J connectivity index is 1.69. The van der Waals surface area contributed by atoms with Crippen molar-refractivity contribution in [2.45, 2.75) is 0 Å². The number of rotatable bonds is 6. The van der Waals surface area contributed by atoms with Gasteiger partial charge in [0.25, 0.3) is 0 Å². The van der Waals surface area contributed by atoms with Crippen LogP contribution >= 0.6 is 0 Å². The van der Waals surface area contributed by atoms with Gasteiger partial charge in [-0.2, -0.15) is 8.42 Å². The minimum Gasteiger partial charge on any atom is -0.358 e. The van der Waals surface area contributed by atoms with Crippen molar-refractivity contribution in [2.24, 2.45) is 0 Å². The molecule has 0 unspecified atom stereocenters. The number of aromatic nitrogens is 3. The highest BCUT2D eigenvalue weighted by molar-refractivity contribution is 7.81. The summed E-state index contributed by atoms with van der Waals surface area (Å²) in [6, 6.07) is 14.7. The zero-order valence-corrected chi connectivity index (χ0v) is 14.0. The van der Waals surface area contributed by atoms with Crippen LogP contribution < -0.4 is 4.18 Å². The molecule has 0 aliphatic carbocycles. The summed E-state index contributed by atoms with van der Waals surface area (Å²) in [6.07, 6.45) is 4.34. The maximum absolute atomic E-state index is 12.4. The van der Waals surface area contributed by atoms with E-state index in [9.17, 15) is 17.1 Å². The predicted molar refractivity (Wildman–Crippen MR) is 91.8 cm³/mol. The van der Waals surface area contributed by atoms with Crippen molar-refractivity contribution >= 4 is 22.4 Å². The standard InChI is InChI=1S/C17H12FN3O4S/c18-26(23,24)25-15-9-6-13(7-10-15)8-11-17(22)16-12-21(20-19-16)14-4-2-1-3-5-14/h1-12H/b11-8+. The van der Waals surface area contributed by atoms with Crippen LogP contribution in [0.5, 0.6) is 5.75 Å². The van der Waals surface area contributed by atoms with Crippen molar-refractivity contribution in [3.63, 3.8) is 0 Å². The maximum atomic E-state index is 12.4. The predicted octanol–water partition coefficient (Wildman–Crippen LogP) is 2.76. The highest BCUT2D eigenvalue weighted by atomic mass is 32.3. The molecule has 0 spiro atoms. The summed E-state index contributed by atoms with van der Waals surface area (Å²) in [5.74, 6) is -0.513. The van der Waals surface area contributed by atoms with Crippen LogP contribution in [0.1, 0.15) is 16.1 Å². The van der Waals surface area contributed by atoms with Crippen LogP contribution in [0.15, 0.2) is 66.9 Å². The first-order valence-corrected chi connectivity index (χ1v) is 8.66. The molecule has 132 valence electrons. The van der Waals surface area contributed by atoms with Gasteiger partial charge in [-0.25, -0.2) is 4.68 Å². The van der Waals surface area contributed by atoms with Crippen molar-refractivity contribution in [3.05, 3.63) is 78.1 Å². The topological polar surface area (TPSA) is 91.2 Å². The van der Waals surface area contributed by atoms with Gasteiger partial charge in [0.05, 0.1) is 11.9 Å². The summed E-state index contributed by atoms with van der Waals surface area (Å²) >= 11 is 0. The van der Waals surface area contributed by atoms with E-state index < -0.39 is 10.5 Å². The molecule has 0 bridgehead atoms. The molecule has 0 aliphatic heterocycles. The van der Waals surface area contributed by atoms with Crippen LogP contribution in [0.3, 0.4) is 0 Å². The average Bonchev–Trinajstić information content (AvgIpc) is 3.10. The van der Waals surface area contributed by atoms with Crippen molar-refractivity contribution in [1.29, 1.82) is 0 Å². The Bertz CT molecular complexity index is 1050. The molecule has 0 saturated carbocycles. The van der Waals surface area contributed by atoms with Gasteiger partial charge >= 0.3 is 10.5 Å². The Hall–Kier alpha value is -3.33. The number of ketones is 1. The second kappa shape index (κ2) is 7.28. The van der Waals surface area contributed by atoms with Gasteiger partial charge in [0.1, 0.15) is 5.75 Å². The maximum Gasteiger partial charge on any atom is 0.488 e. The Morgan fingerprint density at radius 2 is 1.77 bits per heavy atom. The summed E-state index contributed by atoms with van der Waals surface area (Å²) in [5.41, 5.74) is 1.55. The number of nitrogens with zero attached hydrogens (tertiary/aromatic N) is 3. The largest absolute Gasteiger partial charge is 0.488 e. The molecule has 0 amide bonds. The normalized spacial score (nSPS) is 11.6. The first-order valence-electron chi connectivity index (χ1n) is 7.35. The van der Waals surface area contributed by atoms with Gasteiger partial charge in [0, 0.05) is 0 Å². The molecule has 2 aromatic carbocycles.